The lowest BCUT2D eigenvalue weighted by Crippen LogP contribution is -2.29. The Morgan fingerprint density at radius 1 is 0.333 bits per heavy atom. The Kier molecular flexibility index (Phi) is 10.4. The van der Waals surface area contributed by atoms with Crippen molar-refractivity contribution in [2.45, 2.75) is 41.5 Å². The molecule has 45 heavy (non-hydrogen) atoms. The summed E-state index contributed by atoms with van der Waals surface area (Å²) in [4.78, 5) is 0. The third-order valence-electron chi connectivity index (χ3n) is 8.43. The summed E-state index contributed by atoms with van der Waals surface area (Å²) in [6.07, 6.45) is 0. The van der Waals surface area contributed by atoms with E-state index in [1.165, 1.54) is 32.6 Å². The predicted octanol–water partition coefficient (Wildman–Crippen LogP) is 8.62. The average Bonchev–Trinajstić information content (AvgIpc) is 3.04. The van der Waals surface area contributed by atoms with Crippen LogP contribution in [0.25, 0.3) is 0 Å². The minimum Gasteiger partial charge on any atom is -0.309 e. The molecule has 0 unspecified atom stereocenters. The Bertz CT molecular complexity index is 1750. The van der Waals surface area contributed by atoms with E-state index in [4.69, 9.17) is 0 Å². The van der Waals surface area contributed by atoms with Crippen LogP contribution in [0.1, 0.15) is 33.4 Å². The van der Waals surface area contributed by atoms with Gasteiger partial charge in [-0.3, -0.25) is 0 Å². The van der Waals surface area contributed by atoms with Crippen molar-refractivity contribution in [3.05, 3.63) is 179 Å². The van der Waals surface area contributed by atoms with Crippen molar-refractivity contribution in [3.63, 3.8) is 0 Å². The van der Waals surface area contributed by atoms with Crippen molar-refractivity contribution >= 4 is 46.9 Å². The number of benzene rings is 6. The molecule has 0 N–H and O–H groups in total. The molecule has 0 atom stereocenters. The molecule has 0 aliphatic carbocycles. The first-order valence-corrected chi connectivity index (χ1v) is 18.5. The highest BCUT2D eigenvalue weighted by atomic mass is 31.2. The maximum atomic E-state index is 14.5. The first-order valence-electron chi connectivity index (χ1n) is 15.5. The molecule has 0 saturated carbocycles. The van der Waals surface area contributed by atoms with E-state index < -0.39 is 15.1 Å². The molecule has 0 aliphatic heterocycles. The van der Waals surface area contributed by atoms with Crippen molar-refractivity contribution in [1.29, 1.82) is 0 Å². The molecule has 0 saturated heterocycles. The molecule has 1 nitrogen and oxygen atoms in total. The fourth-order valence-electron chi connectivity index (χ4n) is 5.97. The van der Waals surface area contributed by atoms with E-state index in [0.717, 1.165) is 32.6 Å². The van der Waals surface area contributed by atoms with Crippen LogP contribution in [0.15, 0.2) is 146 Å². The Hall–Kier alpha value is -4.02. The van der Waals surface area contributed by atoms with Crippen LogP contribution in [0.4, 0.5) is 0 Å². The van der Waals surface area contributed by atoms with Gasteiger partial charge < -0.3 is 4.57 Å². The summed E-state index contributed by atoms with van der Waals surface area (Å²) in [7, 11) is -3.40. The van der Waals surface area contributed by atoms with Crippen molar-refractivity contribution in [1.82, 2.24) is 0 Å². The lowest BCUT2D eigenvalue weighted by molar-refractivity contribution is 0.592. The summed E-state index contributed by atoms with van der Waals surface area (Å²) >= 11 is 0. The summed E-state index contributed by atoms with van der Waals surface area (Å²) in [5, 5.41) is 7.18. The van der Waals surface area contributed by atoms with E-state index in [9.17, 15) is 4.57 Å². The monoisotopic (exact) mass is 624 g/mol. The Morgan fingerprint density at radius 3 is 0.800 bits per heavy atom. The van der Waals surface area contributed by atoms with Gasteiger partial charge in [-0.05, 0) is 98.8 Å². The summed E-state index contributed by atoms with van der Waals surface area (Å²) in [5.41, 5.74) is 7.34. The van der Waals surface area contributed by atoms with Crippen LogP contribution in [-0.4, -0.2) is 0 Å². The molecular weight excluding hydrogens is 582 g/mol. The second-order valence-corrected chi connectivity index (χ2v) is 16.4. The van der Waals surface area contributed by atoms with Crippen LogP contribution in [0.3, 0.4) is 0 Å². The number of rotatable bonds is 6. The van der Waals surface area contributed by atoms with Gasteiger partial charge in [-0.15, -0.1) is 0 Å². The van der Waals surface area contributed by atoms with Gasteiger partial charge in [-0.25, -0.2) is 0 Å². The molecule has 0 fully saturated rings. The molecule has 0 aromatic heterocycles. The second-order valence-electron chi connectivity index (χ2n) is 11.7. The zero-order valence-electron chi connectivity index (χ0n) is 27.2. The average molecular weight is 625 g/mol. The van der Waals surface area contributed by atoms with Gasteiger partial charge in [0.05, 0.1) is 0 Å². The number of hydrogen-bond donors (Lipinski definition) is 0. The molecule has 0 spiro atoms. The molecule has 226 valence electrons. The lowest BCUT2D eigenvalue weighted by atomic mass is 10.2. The van der Waals surface area contributed by atoms with Gasteiger partial charge in [0.15, 0.2) is 7.14 Å². The normalized spacial score (nSPS) is 11.2. The van der Waals surface area contributed by atoms with Crippen molar-refractivity contribution in [2.24, 2.45) is 0 Å². The van der Waals surface area contributed by atoms with E-state index in [1.807, 2.05) is 93.6 Å². The first-order chi connectivity index (χ1) is 21.7. The van der Waals surface area contributed by atoms with Gasteiger partial charge in [0.1, 0.15) is 0 Å². The maximum Gasteiger partial charge on any atom is 0.171 e. The largest absolute Gasteiger partial charge is 0.309 e. The van der Waals surface area contributed by atoms with Gasteiger partial charge >= 0.3 is 0 Å². The molecule has 0 aliphatic rings. The molecule has 0 bridgehead atoms. The first kappa shape index (κ1) is 32.4. The summed E-state index contributed by atoms with van der Waals surface area (Å²) in [6, 6.07) is 50.5. The molecule has 6 aromatic rings. The predicted molar refractivity (Wildman–Crippen MR) is 199 cm³/mol. The van der Waals surface area contributed by atoms with E-state index in [1.54, 1.807) is 0 Å². The molecule has 6 aromatic carbocycles. The van der Waals surface area contributed by atoms with E-state index in [2.05, 4.69) is 93.6 Å². The minimum atomic E-state index is -2.89. The van der Waals surface area contributed by atoms with E-state index >= 15 is 0 Å². The van der Waals surface area contributed by atoms with Gasteiger partial charge in [0.25, 0.3) is 0 Å². The highest BCUT2D eigenvalue weighted by Crippen LogP contribution is 2.45. The smallest absolute Gasteiger partial charge is 0.171 e. The third kappa shape index (κ3) is 6.82. The fourth-order valence-corrected chi connectivity index (χ4v) is 12.1. The quantitative estimate of drug-likeness (QED) is 0.170. The minimum absolute atomic E-state index is 0.508. The van der Waals surface area contributed by atoms with Crippen LogP contribution in [0, 0.1) is 41.5 Å². The van der Waals surface area contributed by atoms with Gasteiger partial charge in [0, 0.05) is 15.9 Å². The summed E-state index contributed by atoms with van der Waals surface area (Å²) < 4.78 is 14.5. The molecule has 0 radical (unpaired) electrons. The topological polar surface area (TPSA) is 17.1 Å². The molecule has 0 heterocycles. The standard InChI is InChI=1S/C21H21OP.C21H21P/c1-16-10-4-7-13-19(16)23(22,20-14-8-5-11-17(20)2)21-15-9-6-12-18(21)3;1-16-10-4-7-13-19(16)22(20-14-8-5-11-17(20)2)21-15-9-6-12-18(21)3/h4-15H,1-3H3;4-15H,1-3H3. The zero-order chi connectivity index (χ0) is 32.0. The van der Waals surface area contributed by atoms with Crippen LogP contribution < -0.4 is 31.8 Å². The van der Waals surface area contributed by atoms with Crippen molar-refractivity contribution in [3.8, 4) is 0 Å². The second kappa shape index (κ2) is 14.4. The van der Waals surface area contributed by atoms with E-state index in [0.29, 0.717) is 0 Å². The molecule has 3 heteroatoms. The molecule has 0 amide bonds. The van der Waals surface area contributed by atoms with Crippen molar-refractivity contribution < 1.29 is 4.57 Å². The number of aryl methyl sites for hydroxylation is 6. The van der Waals surface area contributed by atoms with E-state index in [-0.39, 0.29) is 0 Å². The van der Waals surface area contributed by atoms with Crippen LogP contribution in [0.2, 0.25) is 0 Å². The summed E-state index contributed by atoms with van der Waals surface area (Å²) in [5.74, 6) is 0. The fraction of sp³-hybridized carbons (Fsp3) is 0.143. The van der Waals surface area contributed by atoms with Crippen molar-refractivity contribution in [2.75, 3.05) is 0 Å². The van der Waals surface area contributed by atoms with Crippen LogP contribution in [-0.2, 0) is 4.57 Å². The van der Waals surface area contributed by atoms with Crippen LogP contribution >= 0.6 is 15.1 Å². The van der Waals surface area contributed by atoms with Gasteiger partial charge in [-0.2, -0.15) is 0 Å². The lowest BCUT2D eigenvalue weighted by Gasteiger charge is -2.24. The Morgan fingerprint density at radius 2 is 0.556 bits per heavy atom. The molecule has 6 rings (SSSR count). The third-order valence-corrected chi connectivity index (χ3v) is 14.9. The zero-order valence-corrected chi connectivity index (χ0v) is 28.9. The van der Waals surface area contributed by atoms with Crippen LogP contribution in [0.5, 0.6) is 0 Å². The molecular formula is C42H42OP2. The van der Waals surface area contributed by atoms with Gasteiger partial charge in [0.2, 0.25) is 0 Å². The highest BCUT2D eigenvalue weighted by molar-refractivity contribution is 7.85. The maximum absolute atomic E-state index is 14.5. The SMILES string of the molecule is Cc1ccccc1P(=O)(c1ccccc1C)c1ccccc1C.Cc1ccccc1P(c1ccccc1C)c1ccccc1C. The van der Waals surface area contributed by atoms with Gasteiger partial charge in [-0.1, -0.05) is 146 Å². The summed E-state index contributed by atoms with van der Waals surface area (Å²) in [6.45, 7) is 12.8. The highest BCUT2D eigenvalue weighted by Gasteiger charge is 2.33. The number of hydrogen-bond acceptors (Lipinski definition) is 1. The Labute approximate surface area is 271 Å². The Balaban J connectivity index is 0.000000178.